The Bertz CT molecular complexity index is 2620. The Kier molecular flexibility index (Phi) is 9.06. The molecule has 1 aliphatic rings. The van der Waals surface area contributed by atoms with Crippen molar-refractivity contribution in [3.8, 4) is 22.3 Å². The van der Waals surface area contributed by atoms with Crippen molar-refractivity contribution in [3.05, 3.63) is 205 Å². The molecule has 9 rings (SSSR count). The molecule has 0 heterocycles. The number of rotatable bonds is 8. The number of para-hydroxylation sites is 2. The van der Waals surface area contributed by atoms with Gasteiger partial charge >= 0.3 is 0 Å². The van der Waals surface area contributed by atoms with E-state index >= 15 is 0 Å². The maximum atomic E-state index is 2.45. The molecule has 56 heavy (non-hydrogen) atoms. The summed E-state index contributed by atoms with van der Waals surface area (Å²) in [5, 5.41) is 2.50. The largest absolute Gasteiger partial charge is 0.310 e. The molecule has 0 atom stereocenters. The second kappa shape index (κ2) is 14.4. The van der Waals surface area contributed by atoms with Gasteiger partial charge in [0.2, 0.25) is 0 Å². The van der Waals surface area contributed by atoms with Gasteiger partial charge in [0, 0.05) is 34.1 Å². The van der Waals surface area contributed by atoms with Crippen LogP contribution >= 0.6 is 0 Å². The summed E-state index contributed by atoms with van der Waals surface area (Å²) < 4.78 is 0. The van der Waals surface area contributed by atoms with Crippen LogP contribution in [0.1, 0.15) is 51.7 Å². The van der Waals surface area contributed by atoms with E-state index in [4.69, 9.17) is 0 Å². The zero-order valence-electron chi connectivity index (χ0n) is 32.8. The molecule has 0 saturated heterocycles. The number of hydrogen-bond acceptors (Lipinski definition) is 2. The molecule has 2 heteroatoms. The highest BCUT2D eigenvalue weighted by Gasteiger charge is 2.37. The monoisotopic (exact) mass is 724 g/mol. The highest BCUT2D eigenvalue weighted by Crippen LogP contribution is 2.48. The molecule has 0 aliphatic heterocycles. The lowest BCUT2D eigenvalue weighted by atomic mass is 9.63. The van der Waals surface area contributed by atoms with Crippen LogP contribution in [-0.2, 0) is 10.8 Å². The normalized spacial score (nSPS) is 14.2. The average Bonchev–Trinajstić information content (AvgIpc) is 3.24. The standard InChI is InChI=1S/C54H48N2/c1-53(2)34-35-54(3,4)52-38-50(32-33-51(52)53)56(46-19-9-6-10-20-46)48-30-26-41(27-31-48)40-24-28-47(29-25-40)55(45-17-7-5-8-18-45)49-21-13-16-43(37-49)44-23-22-39-14-11-12-15-42(39)36-44/h5-33,36-38H,34-35H2,1-4H3. The molecule has 0 fully saturated rings. The van der Waals surface area contributed by atoms with Gasteiger partial charge < -0.3 is 9.80 Å². The van der Waals surface area contributed by atoms with E-state index in [-0.39, 0.29) is 10.8 Å². The van der Waals surface area contributed by atoms with Crippen LogP contribution in [0.4, 0.5) is 34.1 Å². The van der Waals surface area contributed by atoms with Gasteiger partial charge in [0.1, 0.15) is 0 Å². The van der Waals surface area contributed by atoms with E-state index in [0.29, 0.717) is 0 Å². The van der Waals surface area contributed by atoms with Crippen LogP contribution in [0.2, 0.25) is 0 Å². The van der Waals surface area contributed by atoms with Crippen LogP contribution in [0.5, 0.6) is 0 Å². The first kappa shape index (κ1) is 35.3. The van der Waals surface area contributed by atoms with Gasteiger partial charge in [0.15, 0.2) is 0 Å². The Morgan fingerprint density at radius 1 is 0.304 bits per heavy atom. The molecule has 0 amide bonds. The number of anilines is 6. The number of fused-ring (bicyclic) bond motifs is 2. The smallest absolute Gasteiger partial charge is 0.0467 e. The number of hydrogen-bond donors (Lipinski definition) is 0. The SMILES string of the molecule is CC1(C)CCC(C)(C)c2cc(N(c3ccccc3)c3ccc(-c4ccc(N(c5ccccc5)c5cccc(-c6ccc7ccccc7c6)c5)cc4)cc3)ccc21. The topological polar surface area (TPSA) is 6.48 Å². The summed E-state index contributed by atoms with van der Waals surface area (Å²) in [6.07, 6.45) is 2.40. The van der Waals surface area contributed by atoms with Gasteiger partial charge in [-0.05, 0) is 147 Å². The highest BCUT2D eigenvalue weighted by molar-refractivity contribution is 5.89. The third kappa shape index (κ3) is 6.77. The Labute approximate surface area is 332 Å². The van der Waals surface area contributed by atoms with Crippen molar-refractivity contribution >= 4 is 44.9 Å². The van der Waals surface area contributed by atoms with E-state index < -0.39 is 0 Å². The molecule has 8 aromatic rings. The van der Waals surface area contributed by atoms with Crippen molar-refractivity contribution in [1.29, 1.82) is 0 Å². The molecule has 2 nitrogen and oxygen atoms in total. The molecule has 0 saturated carbocycles. The molecular weight excluding hydrogens is 677 g/mol. The molecule has 0 spiro atoms. The predicted octanol–water partition coefficient (Wildman–Crippen LogP) is 15.5. The summed E-state index contributed by atoms with van der Waals surface area (Å²) in [6, 6.07) is 70.7. The summed E-state index contributed by atoms with van der Waals surface area (Å²) in [4.78, 5) is 4.74. The average molecular weight is 725 g/mol. The van der Waals surface area contributed by atoms with E-state index in [1.54, 1.807) is 0 Å². The fraction of sp³-hybridized carbons (Fsp3) is 0.148. The second-order valence-corrected chi connectivity index (χ2v) is 16.5. The maximum absolute atomic E-state index is 2.45. The van der Waals surface area contributed by atoms with Crippen molar-refractivity contribution in [2.75, 3.05) is 9.80 Å². The highest BCUT2D eigenvalue weighted by atomic mass is 15.1. The fourth-order valence-electron chi connectivity index (χ4n) is 8.56. The minimum Gasteiger partial charge on any atom is -0.310 e. The first-order valence-corrected chi connectivity index (χ1v) is 19.9. The van der Waals surface area contributed by atoms with Crippen LogP contribution < -0.4 is 9.80 Å². The summed E-state index contributed by atoms with van der Waals surface area (Å²) in [5.74, 6) is 0. The fourth-order valence-corrected chi connectivity index (χ4v) is 8.56. The molecule has 1 aliphatic carbocycles. The Balaban J connectivity index is 1.04. The Hall–Kier alpha value is -6.38. The lowest BCUT2D eigenvalue weighted by Crippen LogP contribution is -2.34. The van der Waals surface area contributed by atoms with Gasteiger partial charge in [-0.15, -0.1) is 0 Å². The van der Waals surface area contributed by atoms with Crippen LogP contribution in [0, 0.1) is 0 Å². The van der Waals surface area contributed by atoms with Crippen LogP contribution in [0.15, 0.2) is 194 Å². The maximum Gasteiger partial charge on any atom is 0.0467 e. The minimum absolute atomic E-state index is 0.134. The van der Waals surface area contributed by atoms with Crippen molar-refractivity contribution in [1.82, 2.24) is 0 Å². The van der Waals surface area contributed by atoms with Crippen molar-refractivity contribution in [2.45, 2.75) is 51.4 Å². The molecule has 0 aromatic heterocycles. The zero-order valence-corrected chi connectivity index (χ0v) is 32.8. The number of nitrogens with zero attached hydrogens (tertiary/aromatic N) is 2. The van der Waals surface area contributed by atoms with E-state index in [9.17, 15) is 0 Å². The van der Waals surface area contributed by atoms with Crippen LogP contribution in [0.25, 0.3) is 33.0 Å². The van der Waals surface area contributed by atoms with Gasteiger partial charge in [-0.25, -0.2) is 0 Å². The van der Waals surface area contributed by atoms with Gasteiger partial charge in [-0.3, -0.25) is 0 Å². The molecule has 0 unspecified atom stereocenters. The minimum atomic E-state index is 0.134. The third-order valence-electron chi connectivity index (χ3n) is 11.9. The molecule has 8 aromatic carbocycles. The molecule has 0 N–H and O–H groups in total. The van der Waals surface area contributed by atoms with E-state index in [1.165, 1.54) is 62.7 Å². The second-order valence-electron chi connectivity index (χ2n) is 16.5. The molecular formula is C54H48N2. The van der Waals surface area contributed by atoms with E-state index in [0.717, 1.165) is 28.4 Å². The van der Waals surface area contributed by atoms with Gasteiger partial charge in [-0.1, -0.05) is 143 Å². The molecule has 0 radical (unpaired) electrons. The number of benzene rings is 8. The first-order valence-electron chi connectivity index (χ1n) is 19.9. The lowest BCUT2D eigenvalue weighted by molar-refractivity contribution is 0.332. The lowest BCUT2D eigenvalue weighted by Gasteiger charge is -2.42. The Morgan fingerprint density at radius 3 is 1.32 bits per heavy atom. The van der Waals surface area contributed by atoms with Gasteiger partial charge in [0.05, 0.1) is 0 Å². The zero-order chi connectivity index (χ0) is 38.3. The summed E-state index contributed by atoms with van der Waals surface area (Å²) in [7, 11) is 0. The van der Waals surface area contributed by atoms with Crippen LogP contribution in [-0.4, -0.2) is 0 Å². The van der Waals surface area contributed by atoms with Crippen molar-refractivity contribution < 1.29 is 0 Å². The van der Waals surface area contributed by atoms with Crippen molar-refractivity contribution in [2.24, 2.45) is 0 Å². The molecule has 274 valence electrons. The van der Waals surface area contributed by atoms with Crippen LogP contribution in [0.3, 0.4) is 0 Å². The predicted molar refractivity (Wildman–Crippen MR) is 239 cm³/mol. The van der Waals surface area contributed by atoms with E-state index in [2.05, 4.69) is 232 Å². The Morgan fingerprint density at radius 2 is 0.732 bits per heavy atom. The van der Waals surface area contributed by atoms with E-state index in [1.807, 2.05) is 0 Å². The van der Waals surface area contributed by atoms with Crippen molar-refractivity contribution in [3.63, 3.8) is 0 Å². The summed E-state index contributed by atoms with van der Waals surface area (Å²) >= 11 is 0. The first-order chi connectivity index (χ1) is 27.2. The summed E-state index contributed by atoms with van der Waals surface area (Å²) in [5.41, 5.74) is 14.9. The van der Waals surface area contributed by atoms with Gasteiger partial charge in [-0.2, -0.15) is 0 Å². The van der Waals surface area contributed by atoms with Gasteiger partial charge in [0.25, 0.3) is 0 Å². The quantitative estimate of drug-likeness (QED) is 0.154. The summed E-state index contributed by atoms with van der Waals surface area (Å²) in [6.45, 7) is 9.59. The molecule has 0 bridgehead atoms. The third-order valence-corrected chi connectivity index (χ3v) is 11.9.